The van der Waals surface area contributed by atoms with Crippen LogP contribution in [0.3, 0.4) is 0 Å². The lowest BCUT2D eigenvalue weighted by atomic mass is 10.1. The second-order valence-corrected chi connectivity index (χ2v) is 6.88. The SMILES string of the molecule is COC(=O)c1c(NC(=O)c2ccn(COc3ccc(-c4ccccc4)cc3)n2)cnn1C. The van der Waals surface area contributed by atoms with Crippen LogP contribution in [0.2, 0.25) is 0 Å². The predicted molar refractivity (Wildman–Crippen MR) is 117 cm³/mol. The number of amides is 1. The van der Waals surface area contributed by atoms with Crippen molar-refractivity contribution < 1.29 is 19.1 Å². The van der Waals surface area contributed by atoms with Crippen molar-refractivity contribution in [3.8, 4) is 16.9 Å². The van der Waals surface area contributed by atoms with E-state index in [1.54, 1.807) is 19.3 Å². The number of ether oxygens (including phenoxy) is 2. The van der Waals surface area contributed by atoms with Gasteiger partial charge in [-0.2, -0.15) is 10.2 Å². The van der Waals surface area contributed by atoms with Gasteiger partial charge >= 0.3 is 5.97 Å². The first-order chi connectivity index (χ1) is 15.5. The van der Waals surface area contributed by atoms with E-state index in [4.69, 9.17) is 9.47 Å². The van der Waals surface area contributed by atoms with Gasteiger partial charge in [-0.3, -0.25) is 9.48 Å². The molecule has 2 heterocycles. The molecule has 0 aliphatic heterocycles. The van der Waals surface area contributed by atoms with Crippen molar-refractivity contribution in [2.75, 3.05) is 12.4 Å². The Kier molecular flexibility index (Phi) is 5.98. The largest absolute Gasteiger partial charge is 0.471 e. The molecule has 1 N–H and O–H groups in total. The van der Waals surface area contributed by atoms with Crippen molar-refractivity contribution >= 4 is 17.6 Å². The summed E-state index contributed by atoms with van der Waals surface area (Å²) in [4.78, 5) is 24.4. The van der Waals surface area contributed by atoms with Crippen LogP contribution < -0.4 is 10.1 Å². The van der Waals surface area contributed by atoms with E-state index in [1.165, 1.54) is 22.7 Å². The van der Waals surface area contributed by atoms with Crippen LogP contribution in [0.1, 0.15) is 21.0 Å². The Morgan fingerprint density at radius 2 is 1.72 bits per heavy atom. The van der Waals surface area contributed by atoms with Crippen molar-refractivity contribution in [3.05, 3.63) is 84.4 Å². The highest BCUT2D eigenvalue weighted by molar-refractivity contribution is 6.06. The molecular formula is C23H21N5O4. The van der Waals surface area contributed by atoms with Gasteiger partial charge in [-0.15, -0.1) is 0 Å². The number of aromatic nitrogens is 4. The standard InChI is InChI=1S/C23H21N5O4/c1-27-21(23(30)31-2)20(14-24-27)25-22(29)19-12-13-28(26-19)15-32-18-10-8-17(9-11-18)16-6-4-3-5-7-16/h3-14H,15H2,1-2H3,(H,25,29). The van der Waals surface area contributed by atoms with Gasteiger partial charge in [-0.25, -0.2) is 9.48 Å². The molecule has 0 saturated heterocycles. The average molecular weight is 431 g/mol. The summed E-state index contributed by atoms with van der Waals surface area (Å²) in [6.07, 6.45) is 3.01. The molecule has 0 aliphatic carbocycles. The number of esters is 1. The van der Waals surface area contributed by atoms with Crippen LogP contribution in [-0.2, 0) is 18.5 Å². The summed E-state index contributed by atoms with van der Waals surface area (Å²) in [5.41, 5.74) is 2.78. The minimum absolute atomic E-state index is 0.137. The molecule has 4 rings (SSSR count). The summed E-state index contributed by atoms with van der Waals surface area (Å²) in [5.74, 6) is -0.393. The summed E-state index contributed by atoms with van der Waals surface area (Å²) < 4.78 is 13.3. The van der Waals surface area contributed by atoms with E-state index in [9.17, 15) is 9.59 Å². The summed E-state index contributed by atoms with van der Waals surface area (Å²) >= 11 is 0. The smallest absolute Gasteiger partial charge is 0.358 e. The summed E-state index contributed by atoms with van der Waals surface area (Å²) in [7, 11) is 2.85. The molecule has 0 atom stereocenters. The molecule has 162 valence electrons. The number of anilines is 1. The van der Waals surface area contributed by atoms with E-state index < -0.39 is 11.9 Å². The highest BCUT2D eigenvalue weighted by Gasteiger charge is 2.20. The number of hydrogen-bond donors (Lipinski definition) is 1. The fourth-order valence-corrected chi connectivity index (χ4v) is 3.12. The fourth-order valence-electron chi connectivity index (χ4n) is 3.12. The van der Waals surface area contributed by atoms with Gasteiger partial charge in [0.05, 0.1) is 19.0 Å². The molecule has 9 nitrogen and oxygen atoms in total. The van der Waals surface area contributed by atoms with Crippen LogP contribution >= 0.6 is 0 Å². The molecule has 0 spiro atoms. The minimum atomic E-state index is -0.600. The maximum atomic E-state index is 12.5. The van der Waals surface area contributed by atoms with Crippen LogP contribution in [0.25, 0.3) is 11.1 Å². The molecule has 4 aromatic rings. The maximum absolute atomic E-state index is 12.5. The quantitative estimate of drug-likeness (QED) is 0.451. The summed E-state index contributed by atoms with van der Waals surface area (Å²) in [5, 5.41) is 10.8. The summed E-state index contributed by atoms with van der Waals surface area (Å²) in [6, 6.07) is 19.4. The normalized spacial score (nSPS) is 10.6. The lowest BCUT2D eigenvalue weighted by Crippen LogP contribution is -2.17. The Morgan fingerprint density at radius 3 is 2.44 bits per heavy atom. The number of nitrogens with one attached hydrogen (secondary N) is 1. The van der Waals surface area contributed by atoms with Crippen LogP contribution in [0.5, 0.6) is 5.75 Å². The number of methoxy groups -OCH3 is 1. The first-order valence-electron chi connectivity index (χ1n) is 9.78. The Balaban J connectivity index is 1.37. The van der Waals surface area contributed by atoms with Crippen LogP contribution in [0, 0.1) is 0 Å². The highest BCUT2D eigenvalue weighted by Crippen LogP contribution is 2.22. The summed E-state index contributed by atoms with van der Waals surface area (Å²) in [6.45, 7) is 0.137. The van der Waals surface area contributed by atoms with E-state index in [0.717, 1.165) is 11.1 Å². The molecule has 1 amide bonds. The number of carbonyl (C=O) groups is 2. The lowest BCUT2D eigenvalue weighted by Gasteiger charge is -2.08. The molecular weight excluding hydrogens is 410 g/mol. The third-order valence-corrected chi connectivity index (χ3v) is 4.76. The lowest BCUT2D eigenvalue weighted by molar-refractivity contribution is 0.0589. The van der Waals surface area contributed by atoms with Gasteiger partial charge in [0, 0.05) is 13.2 Å². The molecule has 0 saturated carbocycles. The van der Waals surface area contributed by atoms with Gasteiger partial charge in [-0.1, -0.05) is 42.5 Å². The van der Waals surface area contributed by atoms with Gasteiger partial charge in [0.15, 0.2) is 18.1 Å². The van der Waals surface area contributed by atoms with Gasteiger partial charge in [0.2, 0.25) is 0 Å². The number of benzene rings is 2. The number of rotatable bonds is 7. The van der Waals surface area contributed by atoms with Gasteiger partial charge in [0.25, 0.3) is 5.91 Å². The molecule has 0 aliphatic rings. The molecule has 0 fully saturated rings. The third kappa shape index (κ3) is 4.51. The van der Waals surface area contributed by atoms with Crippen molar-refractivity contribution in [1.82, 2.24) is 19.6 Å². The second kappa shape index (κ2) is 9.17. The fraction of sp³-hybridized carbons (Fsp3) is 0.130. The van der Waals surface area contributed by atoms with Gasteiger partial charge in [-0.05, 0) is 29.3 Å². The molecule has 32 heavy (non-hydrogen) atoms. The molecule has 0 unspecified atom stereocenters. The zero-order valence-corrected chi connectivity index (χ0v) is 17.6. The Labute approximate surface area is 184 Å². The molecule has 0 radical (unpaired) electrons. The van der Waals surface area contributed by atoms with E-state index in [2.05, 4.69) is 15.5 Å². The number of hydrogen-bond acceptors (Lipinski definition) is 6. The number of aryl methyl sites for hydroxylation is 1. The molecule has 0 bridgehead atoms. The Hall–Kier alpha value is -4.40. The first kappa shape index (κ1) is 20.9. The maximum Gasteiger partial charge on any atom is 0.358 e. The average Bonchev–Trinajstić information content (AvgIpc) is 3.45. The minimum Gasteiger partial charge on any atom is -0.471 e. The zero-order valence-electron chi connectivity index (χ0n) is 17.6. The van der Waals surface area contributed by atoms with Crippen LogP contribution in [0.15, 0.2) is 73.1 Å². The van der Waals surface area contributed by atoms with Crippen molar-refractivity contribution in [3.63, 3.8) is 0 Å². The molecule has 2 aromatic carbocycles. The highest BCUT2D eigenvalue weighted by atomic mass is 16.5. The van der Waals surface area contributed by atoms with E-state index in [1.807, 2.05) is 54.6 Å². The Bertz CT molecular complexity index is 1230. The number of nitrogens with zero attached hydrogens (tertiary/aromatic N) is 4. The van der Waals surface area contributed by atoms with Crippen LogP contribution in [0.4, 0.5) is 5.69 Å². The van der Waals surface area contributed by atoms with Crippen molar-refractivity contribution in [2.45, 2.75) is 6.73 Å². The zero-order chi connectivity index (χ0) is 22.5. The first-order valence-corrected chi connectivity index (χ1v) is 9.78. The van der Waals surface area contributed by atoms with E-state index >= 15 is 0 Å². The van der Waals surface area contributed by atoms with Crippen molar-refractivity contribution in [2.24, 2.45) is 7.05 Å². The third-order valence-electron chi connectivity index (χ3n) is 4.76. The Morgan fingerprint density at radius 1 is 1.00 bits per heavy atom. The molecule has 2 aromatic heterocycles. The topological polar surface area (TPSA) is 100 Å². The monoisotopic (exact) mass is 431 g/mol. The molecule has 9 heteroatoms. The van der Waals surface area contributed by atoms with Crippen LogP contribution in [-0.4, -0.2) is 38.5 Å². The van der Waals surface area contributed by atoms with E-state index in [-0.39, 0.29) is 23.8 Å². The van der Waals surface area contributed by atoms with Crippen molar-refractivity contribution in [1.29, 1.82) is 0 Å². The predicted octanol–water partition coefficient (Wildman–Crippen LogP) is 3.36. The second-order valence-electron chi connectivity index (χ2n) is 6.88. The van der Waals surface area contributed by atoms with E-state index in [0.29, 0.717) is 5.75 Å². The van der Waals surface area contributed by atoms with Gasteiger partial charge < -0.3 is 14.8 Å². The number of carbonyl (C=O) groups excluding carboxylic acids is 2. The van der Waals surface area contributed by atoms with Gasteiger partial charge in [0.1, 0.15) is 5.75 Å².